The third-order valence-electron chi connectivity index (χ3n) is 5.81. The first kappa shape index (κ1) is 29.7. The van der Waals surface area contributed by atoms with Crippen molar-refractivity contribution in [2.24, 2.45) is 0 Å². The molecular weight excluding hydrogens is 441 g/mol. The van der Waals surface area contributed by atoms with E-state index in [1.807, 2.05) is 0 Å². The van der Waals surface area contributed by atoms with Gasteiger partial charge in [0.1, 0.15) is 0 Å². The van der Waals surface area contributed by atoms with E-state index in [1.54, 1.807) is 0 Å². The van der Waals surface area contributed by atoms with Gasteiger partial charge in [-0.05, 0) is 0 Å². The first-order chi connectivity index (χ1) is 9.98. The van der Waals surface area contributed by atoms with Crippen molar-refractivity contribution in [2.45, 2.75) is 105 Å². The van der Waals surface area contributed by atoms with Crippen LogP contribution in [0.4, 0.5) is 0 Å². The topological polar surface area (TPSA) is 0 Å². The summed E-state index contributed by atoms with van der Waals surface area (Å²) in [4.78, 5) is 0. The van der Waals surface area contributed by atoms with Crippen LogP contribution in [-0.4, -0.2) is 82.3 Å². The van der Waals surface area contributed by atoms with E-state index in [0.717, 1.165) is 0 Å². The smallest absolute Gasteiger partial charge is 0.256 e. The Labute approximate surface area is 185 Å². The van der Waals surface area contributed by atoms with Crippen LogP contribution in [0.5, 0.6) is 0 Å². The summed E-state index contributed by atoms with van der Waals surface area (Å²) in [5, 5.41) is 0. The fourth-order valence-corrected chi connectivity index (χ4v) is 273. The minimum absolute atomic E-state index is 0. The van der Waals surface area contributed by atoms with Crippen LogP contribution in [0.3, 0.4) is 0 Å². The summed E-state index contributed by atoms with van der Waals surface area (Å²) in [6.45, 7) is 44.6. The van der Waals surface area contributed by atoms with E-state index in [2.05, 4.69) is 105 Å². The van der Waals surface area contributed by atoms with Gasteiger partial charge >= 0.3 is 23.1 Å². The number of rotatable bonds is 7. The van der Waals surface area contributed by atoms with Crippen LogP contribution in [0.1, 0.15) is 0 Å². The van der Waals surface area contributed by atoms with Gasteiger partial charge in [-0.1, -0.05) is 78.6 Å². The van der Waals surface area contributed by atoms with Crippen LogP contribution >= 0.6 is 0 Å². The first-order valence-electron chi connectivity index (χ1n) is 9.75. The van der Waals surface area contributed by atoms with Crippen LogP contribution in [0.2, 0.25) is 105 Å². The molecule has 0 bridgehead atoms. The molecule has 0 aromatic rings. The summed E-state index contributed by atoms with van der Waals surface area (Å²) in [6.07, 6.45) is 0. The molecule has 0 aliphatic carbocycles. The van der Waals surface area contributed by atoms with Crippen molar-refractivity contribution in [3.63, 3.8) is 0 Å². The quantitative estimate of drug-likeness (QED) is 0.390. The molecule has 0 N–H and O–H groups in total. The minimum Gasteiger partial charge on any atom is -0.256 e. The maximum absolute atomic E-state index is 2.93. The minimum atomic E-state index is -1.13. The van der Waals surface area contributed by atoms with Crippen molar-refractivity contribution in [3.05, 3.63) is 0 Å². The van der Waals surface area contributed by atoms with Gasteiger partial charge in [-0.3, -0.25) is 14.7 Å². The van der Waals surface area contributed by atoms with Gasteiger partial charge in [-0.15, -0.1) is 70.8 Å². The normalized spacial score (nSPS) is 15.6. The molecule has 0 heterocycles. The van der Waals surface area contributed by atoms with E-state index in [9.17, 15) is 0 Å². The van der Waals surface area contributed by atoms with Gasteiger partial charge in [0.2, 0.25) is 0 Å². The molecular formula is C16H48MgSi8. The average Bonchev–Trinajstić information content (AvgIpc) is 2.02. The van der Waals surface area contributed by atoms with Gasteiger partial charge in [0, 0.05) is 0 Å². The van der Waals surface area contributed by atoms with Crippen LogP contribution in [-0.2, 0) is 0 Å². The Morgan fingerprint density at radius 1 is 0.320 bits per heavy atom. The van der Waals surface area contributed by atoms with E-state index in [-0.39, 0.29) is 37.8 Å². The summed E-state index contributed by atoms with van der Waals surface area (Å²) in [5.41, 5.74) is 0. The second-order valence-electron chi connectivity index (χ2n) is 13.0. The van der Waals surface area contributed by atoms with Gasteiger partial charge in [0.25, 0.3) is 0 Å². The Balaban J connectivity index is 0. The molecule has 0 aliphatic rings. The zero-order valence-electron chi connectivity index (χ0n) is 20.7. The SMILES string of the molecule is C[Si](C)(C)[Si-]([Si](C)(C)C)[Si](C)(C)[Si](C)(C)[Si-]([Si](C)(C)C)[Si](C)(C)C.[Mg+2]. The van der Waals surface area contributed by atoms with Crippen molar-refractivity contribution < 1.29 is 0 Å². The van der Waals surface area contributed by atoms with Crippen LogP contribution < -0.4 is 0 Å². The van der Waals surface area contributed by atoms with Crippen LogP contribution in [0.25, 0.3) is 0 Å². The molecule has 0 aromatic carbocycles. The van der Waals surface area contributed by atoms with Crippen molar-refractivity contribution in [2.75, 3.05) is 0 Å². The molecule has 0 atom stereocenters. The van der Waals surface area contributed by atoms with Gasteiger partial charge < -0.3 is 0 Å². The molecule has 146 valence electrons. The maximum atomic E-state index is 2.93. The summed E-state index contributed by atoms with van der Waals surface area (Å²) in [5.74, 6) is 0. The Morgan fingerprint density at radius 2 is 0.440 bits per heavy atom. The van der Waals surface area contributed by atoms with E-state index < -0.39 is 44.6 Å². The van der Waals surface area contributed by atoms with E-state index in [0.29, 0.717) is 0 Å². The van der Waals surface area contributed by atoms with Gasteiger partial charge in [0.15, 0.2) is 0 Å². The zero-order chi connectivity index (χ0) is 20.2. The second-order valence-corrected chi connectivity index (χ2v) is 93.0. The van der Waals surface area contributed by atoms with E-state index in [1.165, 1.54) is 0 Å². The molecule has 0 fully saturated rings. The monoisotopic (exact) mass is 488 g/mol. The summed E-state index contributed by atoms with van der Waals surface area (Å²) >= 11 is 0. The molecule has 9 heteroatoms. The average molecular weight is 490 g/mol. The van der Waals surface area contributed by atoms with Crippen LogP contribution in [0.15, 0.2) is 0 Å². The Bertz CT molecular complexity index is 365. The largest absolute Gasteiger partial charge is 2.00 e. The fourth-order valence-electron chi connectivity index (χ4n) is 6.62. The van der Waals surface area contributed by atoms with E-state index in [4.69, 9.17) is 0 Å². The van der Waals surface area contributed by atoms with Gasteiger partial charge in [-0.25, -0.2) is 0 Å². The first-order valence-corrected chi connectivity index (χ1v) is 39.8. The summed E-state index contributed by atoms with van der Waals surface area (Å²) < 4.78 is 0. The molecule has 0 radical (unpaired) electrons. The fraction of sp³-hybridized carbons (Fsp3) is 1.00. The molecule has 0 aromatic heterocycles. The third-order valence-corrected chi connectivity index (χ3v) is 156. The molecule has 25 heavy (non-hydrogen) atoms. The van der Waals surface area contributed by atoms with Crippen LogP contribution in [0, 0.1) is 0 Å². The van der Waals surface area contributed by atoms with Crippen molar-refractivity contribution in [3.8, 4) is 0 Å². The number of hydrogen-bond acceptors (Lipinski definition) is 0. The summed E-state index contributed by atoms with van der Waals surface area (Å²) in [6, 6.07) is 0. The van der Waals surface area contributed by atoms with Gasteiger partial charge in [-0.2, -0.15) is 0 Å². The molecule has 0 unspecified atom stereocenters. The molecule has 0 spiro atoms. The zero-order valence-corrected chi connectivity index (χ0v) is 30.1. The standard InChI is InChI=1S/C16H48Si8.Mg/c1-19(2,3)17(20(4,5)6)23(13,14)24(15,16)18(21(7,8)9)22(10,11)12;/h1-16H3;/q-2;+2. The second kappa shape index (κ2) is 8.70. The number of hydrogen-bond donors (Lipinski definition) is 0. The molecule has 0 aliphatic heterocycles. The molecule has 0 nitrogen and oxygen atoms in total. The predicted octanol–water partition coefficient (Wildman–Crippen LogP) is 5.91. The van der Waals surface area contributed by atoms with E-state index >= 15 is 0 Å². The van der Waals surface area contributed by atoms with Crippen molar-refractivity contribution in [1.82, 2.24) is 0 Å². The molecule has 0 saturated carbocycles. The predicted molar refractivity (Wildman–Crippen MR) is 146 cm³/mol. The van der Waals surface area contributed by atoms with Crippen molar-refractivity contribution >= 4 is 82.3 Å². The summed E-state index contributed by atoms with van der Waals surface area (Å²) in [7, 11) is -6.61. The maximum Gasteiger partial charge on any atom is 2.00 e. The Kier molecular flexibility index (Phi) is 10.3. The Hall–Kier alpha value is 2.50. The molecule has 0 amide bonds. The third kappa shape index (κ3) is 7.05. The van der Waals surface area contributed by atoms with Gasteiger partial charge in [0.05, 0.1) is 0 Å². The molecule has 0 rings (SSSR count). The molecule has 0 saturated heterocycles. The van der Waals surface area contributed by atoms with Crippen molar-refractivity contribution in [1.29, 1.82) is 0 Å². The Morgan fingerprint density at radius 3 is 0.520 bits per heavy atom.